The summed E-state index contributed by atoms with van der Waals surface area (Å²) in [5, 5.41) is 14.8. The van der Waals surface area contributed by atoms with Gasteiger partial charge in [0.2, 0.25) is 0 Å². The van der Waals surface area contributed by atoms with Gasteiger partial charge in [-0.05, 0) is 19.4 Å². The van der Waals surface area contributed by atoms with E-state index in [0.29, 0.717) is 6.04 Å². The third-order valence-electron chi connectivity index (χ3n) is 2.89. The summed E-state index contributed by atoms with van der Waals surface area (Å²) in [5.74, 6) is 0.991. The van der Waals surface area contributed by atoms with Gasteiger partial charge in [-0.15, -0.1) is 10.2 Å². The third kappa shape index (κ3) is 3.00. The van der Waals surface area contributed by atoms with Crippen molar-refractivity contribution in [1.82, 2.24) is 25.4 Å². The summed E-state index contributed by atoms with van der Waals surface area (Å²) >= 11 is 0. The number of hydrogen-bond acceptors (Lipinski definition) is 4. The maximum absolute atomic E-state index is 4.03. The van der Waals surface area contributed by atoms with Crippen LogP contribution in [0.4, 0.5) is 0 Å². The molecule has 2 rings (SSSR count). The first-order valence-electron chi connectivity index (χ1n) is 5.63. The van der Waals surface area contributed by atoms with E-state index in [1.54, 1.807) is 6.33 Å². The molecule has 5 nitrogen and oxygen atoms in total. The molecule has 1 saturated heterocycles. The molecule has 1 aromatic rings. The number of piperidine rings is 1. The molecule has 1 aliphatic heterocycles. The van der Waals surface area contributed by atoms with Crippen molar-refractivity contribution in [3.05, 3.63) is 12.2 Å². The van der Waals surface area contributed by atoms with Gasteiger partial charge in [0.05, 0.1) is 6.54 Å². The first kappa shape index (κ1) is 10.6. The Balaban J connectivity index is 1.68. The van der Waals surface area contributed by atoms with Crippen molar-refractivity contribution in [2.24, 2.45) is 7.05 Å². The van der Waals surface area contributed by atoms with Crippen LogP contribution in [0.25, 0.3) is 0 Å². The van der Waals surface area contributed by atoms with E-state index in [0.717, 1.165) is 25.5 Å². The Kier molecular flexibility index (Phi) is 3.69. The normalized spacial score (nSPS) is 21.8. The Morgan fingerprint density at radius 1 is 1.60 bits per heavy atom. The zero-order chi connectivity index (χ0) is 10.5. The maximum atomic E-state index is 4.03. The van der Waals surface area contributed by atoms with Crippen molar-refractivity contribution in [1.29, 1.82) is 0 Å². The lowest BCUT2D eigenvalue weighted by atomic mass is 10.1. The van der Waals surface area contributed by atoms with E-state index in [1.807, 2.05) is 11.6 Å². The van der Waals surface area contributed by atoms with Crippen molar-refractivity contribution < 1.29 is 0 Å². The monoisotopic (exact) mass is 209 g/mol. The minimum atomic E-state index is 0.631. The Hall–Kier alpha value is -0.940. The SMILES string of the molecule is Cn1cnnc1CNCC1CCCCN1. The summed E-state index contributed by atoms with van der Waals surface area (Å²) in [6.07, 6.45) is 5.69. The predicted molar refractivity (Wildman–Crippen MR) is 58.4 cm³/mol. The molecule has 2 N–H and O–H groups in total. The van der Waals surface area contributed by atoms with Crippen LogP contribution >= 0.6 is 0 Å². The average Bonchev–Trinajstić information content (AvgIpc) is 2.66. The van der Waals surface area contributed by atoms with Crippen LogP contribution in [0.1, 0.15) is 25.1 Å². The van der Waals surface area contributed by atoms with Crippen LogP contribution in [0, 0.1) is 0 Å². The van der Waals surface area contributed by atoms with E-state index in [-0.39, 0.29) is 0 Å². The largest absolute Gasteiger partial charge is 0.320 e. The summed E-state index contributed by atoms with van der Waals surface area (Å²) in [7, 11) is 1.97. The lowest BCUT2D eigenvalue weighted by molar-refractivity contribution is 0.381. The first-order chi connectivity index (χ1) is 7.36. The molecule has 1 aliphatic rings. The highest BCUT2D eigenvalue weighted by atomic mass is 15.3. The number of rotatable bonds is 4. The van der Waals surface area contributed by atoms with Gasteiger partial charge in [-0.2, -0.15) is 0 Å². The van der Waals surface area contributed by atoms with E-state index in [9.17, 15) is 0 Å². The number of aromatic nitrogens is 3. The van der Waals surface area contributed by atoms with Gasteiger partial charge < -0.3 is 15.2 Å². The van der Waals surface area contributed by atoms with Crippen molar-refractivity contribution in [3.8, 4) is 0 Å². The minimum absolute atomic E-state index is 0.631. The second-order valence-electron chi connectivity index (χ2n) is 4.14. The Labute approximate surface area is 90.3 Å². The quantitative estimate of drug-likeness (QED) is 0.735. The molecule has 2 heterocycles. The Bertz CT molecular complexity index is 290. The maximum Gasteiger partial charge on any atom is 0.146 e. The fourth-order valence-corrected chi connectivity index (χ4v) is 1.92. The topological polar surface area (TPSA) is 54.8 Å². The minimum Gasteiger partial charge on any atom is -0.320 e. The number of nitrogens with zero attached hydrogens (tertiary/aromatic N) is 3. The van der Waals surface area contributed by atoms with Crippen LogP contribution < -0.4 is 10.6 Å². The van der Waals surface area contributed by atoms with E-state index in [1.165, 1.54) is 19.3 Å². The predicted octanol–water partition coefficient (Wildman–Crippen LogP) is 0.0468. The van der Waals surface area contributed by atoms with Crippen LogP contribution in [0.5, 0.6) is 0 Å². The van der Waals surface area contributed by atoms with Gasteiger partial charge in [0.25, 0.3) is 0 Å². The van der Waals surface area contributed by atoms with Crippen molar-refractivity contribution in [2.75, 3.05) is 13.1 Å². The summed E-state index contributed by atoms with van der Waals surface area (Å²) in [6, 6.07) is 0.631. The lowest BCUT2D eigenvalue weighted by Crippen LogP contribution is -2.41. The van der Waals surface area contributed by atoms with Crippen LogP contribution in [-0.2, 0) is 13.6 Å². The molecule has 0 aliphatic carbocycles. The van der Waals surface area contributed by atoms with Gasteiger partial charge in [0.15, 0.2) is 0 Å². The standard InChI is InChI=1S/C10H19N5/c1-15-8-13-14-10(15)7-11-6-9-4-2-3-5-12-9/h8-9,11-12H,2-7H2,1H3. The third-order valence-corrected chi connectivity index (χ3v) is 2.89. The van der Waals surface area contributed by atoms with Gasteiger partial charge in [-0.3, -0.25) is 0 Å². The highest BCUT2D eigenvalue weighted by Gasteiger charge is 2.11. The molecule has 1 unspecified atom stereocenters. The van der Waals surface area contributed by atoms with Gasteiger partial charge in [0, 0.05) is 19.6 Å². The van der Waals surface area contributed by atoms with E-state index in [4.69, 9.17) is 0 Å². The molecular weight excluding hydrogens is 190 g/mol. The molecule has 0 bridgehead atoms. The molecule has 84 valence electrons. The molecule has 15 heavy (non-hydrogen) atoms. The van der Waals surface area contributed by atoms with Gasteiger partial charge in [-0.1, -0.05) is 6.42 Å². The number of nitrogens with one attached hydrogen (secondary N) is 2. The average molecular weight is 209 g/mol. The van der Waals surface area contributed by atoms with Crippen LogP contribution in [-0.4, -0.2) is 33.9 Å². The first-order valence-corrected chi connectivity index (χ1v) is 5.63. The van der Waals surface area contributed by atoms with Crippen LogP contribution in [0.15, 0.2) is 6.33 Å². The van der Waals surface area contributed by atoms with Crippen molar-refractivity contribution in [2.45, 2.75) is 31.8 Å². The molecule has 0 amide bonds. The van der Waals surface area contributed by atoms with Crippen molar-refractivity contribution in [3.63, 3.8) is 0 Å². The lowest BCUT2D eigenvalue weighted by Gasteiger charge is -2.23. The Morgan fingerprint density at radius 2 is 2.53 bits per heavy atom. The molecule has 1 aromatic heterocycles. The summed E-state index contributed by atoms with van der Waals surface area (Å²) in [5.41, 5.74) is 0. The molecule has 1 atom stereocenters. The van der Waals surface area contributed by atoms with E-state index >= 15 is 0 Å². The number of aryl methyl sites for hydroxylation is 1. The smallest absolute Gasteiger partial charge is 0.146 e. The second kappa shape index (κ2) is 5.23. The van der Waals surface area contributed by atoms with Gasteiger partial charge in [-0.25, -0.2) is 0 Å². The van der Waals surface area contributed by atoms with Crippen LogP contribution in [0.3, 0.4) is 0 Å². The molecule has 0 spiro atoms. The van der Waals surface area contributed by atoms with Gasteiger partial charge in [0.1, 0.15) is 12.2 Å². The zero-order valence-corrected chi connectivity index (χ0v) is 9.24. The summed E-state index contributed by atoms with van der Waals surface area (Å²) in [6.45, 7) is 2.98. The zero-order valence-electron chi connectivity index (χ0n) is 9.24. The Morgan fingerprint density at radius 3 is 3.20 bits per heavy atom. The molecule has 0 radical (unpaired) electrons. The van der Waals surface area contributed by atoms with E-state index < -0.39 is 0 Å². The highest BCUT2D eigenvalue weighted by Crippen LogP contribution is 2.05. The molecule has 5 heteroatoms. The highest BCUT2D eigenvalue weighted by molar-refractivity contribution is 4.84. The molecule has 1 fully saturated rings. The second-order valence-corrected chi connectivity index (χ2v) is 4.14. The summed E-state index contributed by atoms with van der Waals surface area (Å²) < 4.78 is 1.95. The number of hydrogen-bond donors (Lipinski definition) is 2. The van der Waals surface area contributed by atoms with E-state index in [2.05, 4.69) is 20.8 Å². The van der Waals surface area contributed by atoms with Gasteiger partial charge >= 0.3 is 0 Å². The molecule has 0 aromatic carbocycles. The molecular formula is C10H19N5. The fraction of sp³-hybridized carbons (Fsp3) is 0.800. The summed E-state index contributed by atoms with van der Waals surface area (Å²) in [4.78, 5) is 0. The van der Waals surface area contributed by atoms with Crippen molar-refractivity contribution >= 4 is 0 Å². The molecule has 0 saturated carbocycles. The fourth-order valence-electron chi connectivity index (χ4n) is 1.92. The van der Waals surface area contributed by atoms with Crippen LogP contribution in [0.2, 0.25) is 0 Å².